The molecule has 0 atom stereocenters. The molecule has 1 saturated carbocycles. The van der Waals surface area contributed by atoms with Gasteiger partial charge < -0.3 is 15.0 Å². The molecule has 2 heterocycles. The second kappa shape index (κ2) is 10.1. The molecule has 3 rings (SSSR count). The van der Waals surface area contributed by atoms with Crippen molar-refractivity contribution in [3.8, 4) is 5.88 Å². The molecule has 10 heteroatoms. The molecule has 30 heavy (non-hydrogen) atoms. The van der Waals surface area contributed by atoms with Crippen molar-refractivity contribution >= 4 is 11.8 Å². The Morgan fingerprint density at radius 3 is 2.53 bits per heavy atom. The largest absolute Gasteiger partial charge is 0.467 e. The molecule has 166 valence electrons. The Morgan fingerprint density at radius 1 is 1.17 bits per heavy atom. The zero-order valence-electron chi connectivity index (χ0n) is 16.8. The fourth-order valence-electron chi connectivity index (χ4n) is 3.87. The highest BCUT2D eigenvalue weighted by molar-refractivity contribution is 5.96. The molecule has 2 aliphatic rings. The SMILES string of the molecule is O=C(NCCN1CCN(C(=O)C2CCCC2)CC1)c1cccnc1OCC(F)(F)F. The molecule has 1 aliphatic heterocycles. The number of carbonyl (C=O) groups is 2. The number of aromatic nitrogens is 1. The highest BCUT2D eigenvalue weighted by atomic mass is 19.4. The van der Waals surface area contributed by atoms with E-state index in [1.165, 1.54) is 18.3 Å². The standard InChI is InChI=1S/C20H27F3N4O3/c21-20(22,23)14-30-18-16(6-3-7-25-18)17(28)24-8-9-26-10-12-27(13-11-26)19(29)15-4-1-2-5-15/h3,6-7,15H,1-2,4-5,8-14H2,(H,24,28). The Bertz CT molecular complexity index is 730. The van der Waals surface area contributed by atoms with Crippen LogP contribution in [0.5, 0.6) is 5.88 Å². The fraction of sp³-hybridized carbons (Fsp3) is 0.650. The van der Waals surface area contributed by atoms with Crippen LogP contribution in [0, 0.1) is 5.92 Å². The first-order chi connectivity index (χ1) is 14.3. The number of nitrogens with one attached hydrogen (secondary N) is 1. The Hall–Kier alpha value is -2.36. The number of alkyl halides is 3. The number of amides is 2. The van der Waals surface area contributed by atoms with E-state index >= 15 is 0 Å². The number of rotatable bonds is 7. The predicted molar refractivity (Wildman–Crippen MR) is 103 cm³/mol. The summed E-state index contributed by atoms with van der Waals surface area (Å²) in [6, 6.07) is 2.84. The second-order valence-corrected chi connectivity index (χ2v) is 7.66. The van der Waals surface area contributed by atoms with Crippen molar-refractivity contribution in [1.29, 1.82) is 0 Å². The molecule has 1 aromatic rings. The van der Waals surface area contributed by atoms with Crippen molar-refractivity contribution in [2.75, 3.05) is 45.9 Å². The average Bonchev–Trinajstić information content (AvgIpc) is 3.27. The molecule has 1 aliphatic carbocycles. The van der Waals surface area contributed by atoms with Gasteiger partial charge >= 0.3 is 6.18 Å². The molecule has 2 fully saturated rings. The maximum Gasteiger partial charge on any atom is 0.422 e. The fourth-order valence-corrected chi connectivity index (χ4v) is 3.87. The van der Waals surface area contributed by atoms with Gasteiger partial charge in [-0.2, -0.15) is 13.2 Å². The van der Waals surface area contributed by atoms with Crippen LogP contribution in [0.4, 0.5) is 13.2 Å². The first-order valence-electron chi connectivity index (χ1n) is 10.3. The second-order valence-electron chi connectivity index (χ2n) is 7.66. The van der Waals surface area contributed by atoms with Crippen LogP contribution < -0.4 is 10.1 Å². The molecule has 1 aromatic heterocycles. The van der Waals surface area contributed by atoms with Crippen molar-refractivity contribution in [1.82, 2.24) is 20.1 Å². The molecule has 2 amide bonds. The molecule has 1 N–H and O–H groups in total. The van der Waals surface area contributed by atoms with E-state index in [2.05, 4.69) is 19.9 Å². The van der Waals surface area contributed by atoms with Crippen molar-refractivity contribution in [3.05, 3.63) is 23.9 Å². The van der Waals surface area contributed by atoms with Gasteiger partial charge in [-0.1, -0.05) is 12.8 Å². The van der Waals surface area contributed by atoms with Gasteiger partial charge in [0.15, 0.2) is 6.61 Å². The van der Waals surface area contributed by atoms with E-state index in [0.717, 1.165) is 38.8 Å². The van der Waals surface area contributed by atoms with Gasteiger partial charge in [-0.05, 0) is 25.0 Å². The van der Waals surface area contributed by atoms with Gasteiger partial charge in [-0.15, -0.1) is 0 Å². The number of hydrogen-bond acceptors (Lipinski definition) is 5. The zero-order chi connectivity index (χ0) is 21.6. The first-order valence-corrected chi connectivity index (χ1v) is 10.3. The van der Waals surface area contributed by atoms with E-state index in [1.54, 1.807) is 0 Å². The van der Waals surface area contributed by atoms with Crippen LogP contribution in [0.3, 0.4) is 0 Å². The molecule has 0 bridgehead atoms. The lowest BCUT2D eigenvalue weighted by Crippen LogP contribution is -2.51. The lowest BCUT2D eigenvalue weighted by Gasteiger charge is -2.36. The molecule has 7 nitrogen and oxygen atoms in total. The van der Waals surface area contributed by atoms with Crippen molar-refractivity contribution in [3.63, 3.8) is 0 Å². The number of nitrogens with zero attached hydrogens (tertiary/aromatic N) is 3. The van der Waals surface area contributed by atoms with Gasteiger partial charge in [0.2, 0.25) is 11.8 Å². The number of ether oxygens (including phenoxy) is 1. The third-order valence-electron chi connectivity index (χ3n) is 5.49. The maximum absolute atomic E-state index is 12.5. The van der Waals surface area contributed by atoms with Crippen LogP contribution >= 0.6 is 0 Å². The molecule has 1 saturated heterocycles. The van der Waals surface area contributed by atoms with Gasteiger partial charge in [0.1, 0.15) is 5.56 Å². The van der Waals surface area contributed by atoms with E-state index in [-0.39, 0.29) is 23.3 Å². The van der Waals surface area contributed by atoms with Gasteiger partial charge in [0, 0.05) is 51.4 Å². The third-order valence-corrected chi connectivity index (χ3v) is 5.49. The predicted octanol–water partition coefficient (Wildman–Crippen LogP) is 2.09. The zero-order valence-corrected chi connectivity index (χ0v) is 16.8. The van der Waals surface area contributed by atoms with Crippen molar-refractivity contribution in [2.45, 2.75) is 31.9 Å². The van der Waals surface area contributed by atoms with Crippen LogP contribution in [0.25, 0.3) is 0 Å². The summed E-state index contributed by atoms with van der Waals surface area (Å²) in [5, 5.41) is 2.70. The molecule has 0 spiro atoms. The number of piperazine rings is 1. The Balaban J connectivity index is 1.41. The Kier molecular flexibility index (Phi) is 7.52. The summed E-state index contributed by atoms with van der Waals surface area (Å²) in [4.78, 5) is 32.6. The summed E-state index contributed by atoms with van der Waals surface area (Å²) in [6.07, 6.45) is 1.02. The number of hydrogen-bond donors (Lipinski definition) is 1. The summed E-state index contributed by atoms with van der Waals surface area (Å²) in [7, 11) is 0. The average molecular weight is 428 g/mol. The minimum absolute atomic E-state index is 0.0336. The van der Waals surface area contributed by atoms with E-state index in [1.807, 2.05) is 4.90 Å². The number of halogens is 3. The van der Waals surface area contributed by atoms with E-state index in [9.17, 15) is 22.8 Å². The highest BCUT2D eigenvalue weighted by Crippen LogP contribution is 2.27. The molecule has 0 radical (unpaired) electrons. The van der Waals surface area contributed by atoms with Crippen molar-refractivity contribution < 1.29 is 27.5 Å². The number of pyridine rings is 1. The molecule has 0 unspecified atom stereocenters. The normalized spacial score (nSPS) is 18.4. The minimum atomic E-state index is -4.51. The van der Waals surface area contributed by atoms with Crippen molar-refractivity contribution in [2.24, 2.45) is 5.92 Å². The highest BCUT2D eigenvalue weighted by Gasteiger charge is 2.30. The summed E-state index contributed by atoms with van der Waals surface area (Å²) in [5.41, 5.74) is -0.0336. The van der Waals surface area contributed by atoms with Gasteiger partial charge in [-0.3, -0.25) is 14.5 Å². The maximum atomic E-state index is 12.5. The van der Waals surface area contributed by atoms with Crippen LogP contribution in [-0.4, -0.2) is 78.6 Å². The molecule has 0 aromatic carbocycles. The van der Waals surface area contributed by atoms with Crippen LogP contribution in [0.15, 0.2) is 18.3 Å². The monoisotopic (exact) mass is 428 g/mol. The van der Waals surface area contributed by atoms with E-state index < -0.39 is 18.7 Å². The lowest BCUT2D eigenvalue weighted by atomic mass is 10.1. The quantitative estimate of drug-likeness (QED) is 0.720. The Labute approximate surface area is 173 Å². The number of carbonyl (C=O) groups excluding carboxylic acids is 2. The molecular weight excluding hydrogens is 401 g/mol. The summed E-state index contributed by atoms with van der Waals surface area (Å²) >= 11 is 0. The minimum Gasteiger partial charge on any atom is -0.467 e. The molecular formula is C20H27F3N4O3. The topological polar surface area (TPSA) is 74.8 Å². The van der Waals surface area contributed by atoms with Crippen LogP contribution in [-0.2, 0) is 4.79 Å². The summed E-state index contributed by atoms with van der Waals surface area (Å²) in [5.74, 6) is -0.422. The van der Waals surface area contributed by atoms with E-state index in [0.29, 0.717) is 26.2 Å². The first kappa shape index (κ1) is 22.3. The summed E-state index contributed by atoms with van der Waals surface area (Å²) in [6.45, 7) is 2.26. The lowest BCUT2D eigenvalue weighted by molar-refractivity contribution is -0.154. The van der Waals surface area contributed by atoms with Gasteiger partial charge in [-0.25, -0.2) is 4.98 Å². The van der Waals surface area contributed by atoms with Crippen LogP contribution in [0.1, 0.15) is 36.0 Å². The van der Waals surface area contributed by atoms with Crippen LogP contribution in [0.2, 0.25) is 0 Å². The Morgan fingerprint density at radius 2 is 1.87 bits per heavy atom. The summed E-state index contributed by atoms with van der Waals surface area (Å²) < 4.78 is 41.7. The third kappa shape index (κ3) is 6.32. The smallest absolute Gasteiger partial charge is 0.422 e. The van der Waals surface area contributed by atoms with Gasteiger partial charge in [0.25, 0.3) is 5.91 Å². The van der Waals surface area contributed by atoms with Gasteiger partial charge in [0.05, 0.1) is 0 Å². The van der Waals surface area contributed by atoms with E-state index in [4.69, 9.17) is 0 Å².